The number of rotatable bonds is 7. The van der Waals surface area contributed by atoms with Gasteiger partial charge in [0.2, 0.25) is 0 Å². The third-order valence-corrected chi connectivity index (χ3v) is 3.94. The molecule has 0 saturated carbocycles. The van der Waals surface area contributed by atoms with Crippen LogP contribution >= 0.6 is 11.8 Å². The second kappa shape index (κ2) is 7.81. The normalized spacial score (nSPS) is 12.7. The third-order valence-electron chi connectivity index (χ3n) is 2.73. The van der Waals surface area contributed by atoms with Gasteiger partial charge in [0.1, 0.15) is 0 Å². The Labute approximate surface area is 98.5 Å². The van der Waals surface area contributed by atoms with Crippen LogP contribution in [0.4, 0.5) is 0 Å². The van der Waals surface area contributed by atoms with E-state index in [1.165, 1.54) is 36.3 Å². The monoisotopic (exact) mass is 222 g/mol. The molecule has 1 heteroatoms. The quantitative estimate of drug-likeness (QED) is 0.602. The fraction of sp³-hybridized carbons (Fsp3) is 0.571. The van der Waals surface area contributed by atoms with Crippen molar-refractivity contribution in [2.45, 2.75) is 39.0 Å². The van der Waals surface area contributed by atoms with E-state index in [1.54, 1.807) is 0 Å². The summed E-state index contributed by atoms with van der Waals surface area (Å²) < 4.78 is 0. The summed E-state index contributed by atoms with van der Waals surface area (Å²) in [7, 11) is 0. The molecule has 0 aliphatic rings. The molecule has 1 atom stereocenters. The molecular weight excluding hydrogens is 200 g/mol. The molecule has 15 heavy (non-hydrogen) atoms. The van der Waals surface area contributed by atoms with Gasteiger partial charge in [0, 0.05) is 5.75 Å². The molecule has 0 saturated heterocycles. The summed E-state index contributed by atoms with van der Waals surface area (Å²) in [6.07, 6.45) is 3.92. The van der Waals surface area contributed by atoms with Gasteiger partial charge < -0.3 is 0 Å². The molecule has 0 nitrogen and oxygen atoms in total. The zero-order valence-corrected chi connectivity index (χ0v) is 10.7. The Kier molecular flexibility index (Phi) is 6.58. The zero-order chi connectivity index (χ0) is 10.9. The summed E-state index contributed by atoms with van der Waals surface area (Å²) in [6, 6.07) is 10.9. The molecule has 1 aromatic carbocycles. The van der Waals surface area contributed by atoms with E-state index < -0.39 is 0 Å². The Morgan fingerprint density at radius 1 is 1.13 bits per heavy atom. The van der Waals surface area contributed by atoms with Crippen LogP contribution in [0.25, 0.3) is 0 Å². The second-order valence-corrected chi connectivity index (χ2v) is 5.09. The van der Waals surface area contributed by atoms with Gasteiger partial charge in [-0.3, -0.25) is 0 Å². The third kappa shape index (κ3) is 4.74. The number of benzene rings is 1. The fourth-order valence-corrected chi connectivity index (χ4v) is 3.02. The van der Waals surface area contributed by atoms with Crippen LogP contribution in [0, 0.1) is 0 Å². The number of hydrogen-bond donors (Lipinski definition) is 0. The van der Waals surface area contributed by atoms with Gasteiger partial charge in [-0.05, 0) is 30.1 Å². The van der Waals surface area contributed by atoms with Crippen molar-refractivity contribution in [3.63, 3.8) is 0 Å². The standard InChI is InChI=1S/C14H22S/c1-3-5-11-15-12-13(4-2)14-9-7-6-8-10-14/h6-10,13H,3-5,11-12H2,1-2H3. The summed E-state index contributed by atoms with van der Waals surface area (Å²) in [4.78, 5) is 0. The van der Waals surface area contributed by atoms with Crippen LogP contribution in [0.5, 0.6) is 0 Å². The molecule has 84 valence electrons. The van der Waals surface area contributed by atoms with Crippen molar-refractivity contribution < 1.29 is 0 Å². The largest absolute Gasteiger partial charge is 0.161 e. The van der Waals surface area contributed by atoms with E-state index in [0.717, 1.165) is 5.92 Å². The van der Waals surface area contributed by atoms with Crippen LogP contribution in [0.2, 0.25) is 0 Å². The Balaban J connectivity index is 2.36. The molecule has 0 aromatic heterocycles. The first-order chi connectivity index (χ1) is 7.38. The van der Waals surface area contributed by atoms with Crippen molar-refractivity contribution in [2.75, 3.05) is 11.5 Å². The predicted molar refractivity (Wildman–Crippen MR) is 71.7 cm³/mol. The van der Waals surface area contributed by atoms with Gasteiger partial charge in [-0.2, -0.15) is 11.8 Å². The van der Waals surface area contributed by atoms with E-state index in [0.29, 0.717) is 0 Å². The molecule has 0 aliphatic carbocycles. The van der Waals surface area contributed by atoms with Crippen molar-refractivity contribution in [2.24, 2.45) is 0 Å². The molecule has 0 spiro atoms. The molecule has 1 aromatic rings. The average molecular weight is 222 g/mol. The first-order valence-electron chi connectivity index (χ1n) is 6.01. The predicted octanol–water partition coefficient (Wildman–Crippen LogP) is 4.71. The van der Waals surface area contributed by atoms with Crippen LogP contribution in [0.3, 0.4) is 0 Å². The van der Waals surface area contributed by atoms with Crippen molar-refractivity contribution in [1.29, 1.82) is 0 Å². The van der Waals surface area contributed by atoms with Crippen LogP contribution in [0.1, 0.15) is 44.6 Å². The summed E-state index contributed by atoms with van der Waals surface area (Å²) in [5, 5.41) is 0. The fourth-order valence-electron chi connectivity index (χ4n) is 1.65. The minimum Gasteiger partial charge on any atom is -0.161 e. The van der Waals surface area contributed by atoms with E-state index in [4.69, 9.17) is 0 Å². The van der Waals surface area contributed by atoms with Crippen molar-refractivity contribution >= 4 is 11.8 Å². The van der Waals surface area contributed by atoms with Crippen LogP contribution in [0.15, 0.2) is 30.3 Å². The zero-order valence-electron chi connectivity index (χ0n) is 9.91. The molecule has 0 amide bonds. The molecular formula is C14H22S. The van der Waals surface area contributed by atoms with E-state index >= 15 is 0 Å². The summed E-state index contributed by atoms with van der Waals surface area (Å²) in [6.45, 7) is 4.55. The Hall–Kier alpha value is -0.430. The lowest BCUT2D eigenvalue weighted by molar-refractivity contribution is 0.743. The highest BCUT2D eigenvalue weighted by molar-refractivity contribution is 7.99. The molecule has 0 aliphatic heterocycles. The van der Waals surface area contributed by atoms with Gasteiger partial charge in [0.25, 0.3) is 0 Å². The van der Waals surface area contributed by atoms with Gasteiger partial charge in [-0.1, -0.05) is 50.6 Å². The van der Waals surface area contributed by atoms with Crippen LogP contribution < -0.4 is 0 Å². The van der Waals surface area contributed by atoms with Gasteiger partial charge in [0.15, 0.2) is 0 Å². The Morgan fingerprint density at radius 3 is 2.47 bits per heavy atom. The summed E-state index contributed by atoms with van der Waals surface area (Å²) in [5.74, 6) is 3.34. The Bertz CT molecular complexity index is 243. The van der Waals surface area contributed by atoms with Crippen LogP contribution in [-0.4, -0.2) is 11.5 Å². The number of thioether (sulfide) groups is 1. The highest BCUT2D eigenvalue weighted by Gasteiger charge is 2.07. The average Bonchev–Trinajstić information content (AvgIpc) is 2.30. The van der Waals surface area contributed by atoms with E-state index in [1.807, 2.05) is 0 Å². The van der Waals surface area contributed by atoms with E-state index in [-0.39, 0.29) is 0 Å². The van der Waals surface area contributed by atoms with Crippen LogP contribution in [-0.2, 0) is 0 Å². The molecule has 0 bridgehead atoms. The van der Waals surface area contributed by atoms with Gasteiger partial charge in [-0.25, -0.2) is 0 Å². The van der Waals surface area contributed by atoms with Crippen molar-refractivity contribution in [3.8, 4) is 0 Å². The maximum atomic E-state index is 2.29. The molecule has 0 fully saturated rings. The number of unbranched alkanes of at least 4 members (excludes halogenated alkanes) is 1. The Morgan fingerprint density at radius 2 is 1.87 bits per heavy atom. The van der Waals surface area contributed by atoms with Crippen molar-refractivity contribution in [1.82, 2.24) is 0 Å². The summed E-state index contributed by atoms with van der Waals surface area (Å²) >= 11 is 2.11. The minimum atomic E-state index is 0.744. The molecule has 0 heterocycles. The maximum absolute atomic E-state index is 2.29. The van der Waals surface area contributed by atoms with E-state index in [2.05, 4.69) is 55.9 Å². The highest BCUT2D eigenvalue weighted by atomic mass is 32.2. The lowest BCUT2D eigenvalue weighted by Gasteiger charge is -2.14. The smallest absolute Gasteiger partial charge is 0.000136 e. The highest BCUT2D eigenvalue weighted by Crippen LogP contribution is 2.24. The maximum Gasteiger partial charge on any atom is 0.000136 e. The summed E-state index contributed by atoms with van der Waals surface area (Å²) in [5.41, 5.74) is 1.50. The minimum absolute atomic E-state index is 0.744. The lowest BCUT2D eigenvalue weighted by Crippen LogP contribution is -2.00. The molecule has 1 unspecified atom stereocenters. The second-order valence-electron chi connectivity index (χ2n) is 3.94. The van der Waals surface area contributed by atoms with Gasteiger partial charge >= 0.3 is 0 Å². The molecule has 0 N–H and O–H groups in total. The number of hydrogen-bond acceptors (Lipinski definition) is 1. The topological polar surface area (TPSA) is 0 Å². The van der Waals surface area contributed by atoms with Gasteiger partial charge in [-0.15, -0.1) is 0 Å². The first kappa shape index (κ1) is 12.6. The van der Waals surface area contributed by atoms with Crippen molar-refractivity contribution in [3.05, 3.63) is 35.9 Å². The SMILES string of the molecule is CCCCSCC(CC)c1ccccc1. The first-order valence-corrected chi connectivity index (χ1v) is 7.16. The molecule has 1 rings (SSSR count). The lowest BCUT2D eigenvalue weighted by atomic mass is 9.99. The molecule has 0 radical (unpaired) electrons. The van der Waals surface area contributed by atoms with Gasteiger partial charge in [0.05, 0.1) is 0 Å². The van der Waals surface area contributed by atoms with E-state index in [9.17, 15) is 0 Å².